The zero-order valence-corrected chi connectivity index (χ0v) is 11.4. The fourth-order valence-corrected chi connectivity index (χ4v) is 2.96. The van der Waals surface area contributed by atoms with Crippen LogP contribution in [0.5, 0.6) is 5.75 Å². The van der Waals surface area contributed by atoms with Crippen molar-refractivity contribution in [1.29, 1.82) is 0 Å². The predicted octanol–water partition coefficient (Wildman–Crippen LogP) is 1.77. The number of fused-ring (bicyclic) bond motifs is 1. The molecular formula is C15H20N2O2. The van der Waals surface area contributed by atoms with Crippen LogP contribution in [-0.2, 0) is 4.79 Å². The van der Waals surface area contributed by atoms with Crippen molar-refractivity contribution in [2.75, 3.05) is 6.54 Å². The molecule has 0 bridgehead atoms. The molecule has 102 valence electrons. The molecular weight excluding hydrogens is 240 g/mol. The Morgan fingerprint density at radius 2 is 2.16 bits per heavy atom. The van der Waals surface area contributed by atoms with Crippen molar-refractivity contribution in [2.24, 2.45) is 0 Å². The molecule has 0 aromatic heterocycles. The highest BCUT2D eigenvalue weighted by Gasteiger charge is 2.35. The van der Waals surface area contributed by atoms with E-state index in [1.807, 2.05) is 18.2 Å². The van der Waals surface area contributed by atoms with Crippen LogP contribution in [0.1, 0.15) is 38.3 Å². The SMILES string of the molecule is CC1(C)CC(NC2CNC(=O)C2)c2ccccc2O1. The van der Waals surface area contributed by atoms with Crippen LogP contribution in [0.25, 0.3) is 0 Å². The molecule has 0 aliphatic carbocycles. The highest BCUT2D eigenvalue weighted by molar-refractivity contribution is 5.78. The largest absolute Gasteiger partial charge is 0.487 e. The highest BCUT2D eigenvalue weighted by Crippen LogP contribution is 2.39. The first kappa shape index (κ1) is 12.5. The van der Waals surface area contributed by atoms with Crippen molar-refractivity contribution >= 4 is 5.91 Å². The Balaban J connectivity index is 1.82. The van der Waals surface area contributed by atoms with Crippen LogP contribution >= 0.6 is 0 Å². The van der Waals surface area contributed by atoms with E-state index in [1.54, 1.807) is 0 Å². The van der Waals surface area contributed by atoms with E-state index in [4.69, 9.17) is 4.74 Å². The topological polar surface area (TPSA) is 50.4 Å². The number of para-hydroxylation sites is 1. The monoisotopic (exact) mass is 260 g/mol. The number of benzene rings is 1. The summed E-state index contributed by atoms with van der Waals surface area (Å²) >= 11 is 0. The second-order valence-electron chi connectivity index (χ2n) is 6.03. The van der Waals surface area contributed by atoms with E-state index < -0.39 is 0 Å². The molecule has 1 saturated heterocycles. The van der Waals surface area contributed by atoms with E-state index in [9.17, 15) is 4.79 Å². The Labute approximate surface area is 113 Å². The molecule has 4 heteroatoms. The molecule has 0 saturated carbocycles. The molecule has 2 atom stereocenters. The molecule has 2 N–H and O–H groups in total. The molecule has 4 nitrogen and oxygen atoms in total. The zero-order chi connectivity index (χ0) is 13.5. The number of rotatable bonds is 2. The lowest BCUT2D eigenvalue weighted by Crippen LogP contribution is -2.43. The number of carbonyl (C=O) groups is 1. The third-order valence-corrected chi connectivity index (χ3v) is 3.79. The summed E-state index contributed by atoms with van der Waals surface area (Å²) in [7, 11) is 0. The maximum atomic E-state index is 11.3. The lowest BCUT2D eigenvalue weighted by Gasteiger charge is -2.38. The van der Waals surface area contributed by atoms with Crippen LogP contribution in [0.3, 0.4) is 0 Å². The number of amides is 1. The van der Waals surface area contributed by atoms with E-state index in [-0.39, 0.29) is 23.6 Å². The van der Waals surface area contributed by atoms with Gasteiger partial charge in [-0.2, -0.15) is 0 Å². The second kappa shape index (κ2) is 4.53. The Morgan fingerprint density at radius 3 is 2.89 bits per heavy atom. The van der Waals surface area contributed by atoms with E-state index in [0.717, 1.165) is 18.7 Å². The molecule has 1 fully saturated rings. The lowest BCUT2D eigenvalue weighted by atomic mass is 9.89. The van der Waals surface area contributed by atoms with Crippen molar-refractivity contribution in [1.82, 2.24) is 10.6 Å². The fraction of sp³-hybridized carbons (Fsp3) is 0.533. The minimum atomic E-state index is -0.179. The molecule has 1 amide bonds. The molecule has 3 rings (SSSR count). The van der Waals surface area contributed by atoms with Crippen LogP contribution < -0.4 is 15.4 Å². The van der Waals surface area contributed by atoms with E-state index in [0.29, 0.717) is 6.42 Å². The van der Waals surface area contributed by atoms with Gasteiger partial charge in [0.25, 0.3) is 0 Å². The van der Waals surface area contributed by atoms with Crippen LogP contribution in [0.15, 0.2) is 24.3 Å². The van der Waals surface area contributed by atoms with Crippen molar-refractivity contribution in [3.63, 3.8) is 0 Å². The molecule has 2 aliphatic heterocycles. The van der Waals surface area contributed by atoms with E-state index >= 15 is 0 Å². The third kappa shape index (κ3) is 2.59. The average Bonchev–Trinajstić information content (AvgIpc) is 2.73. The van der Waals surface area contributed by atoms with Gasteiger partial charge in [0.05, 0.1) is 0 Å². The van der Waals surface area contributed by atoms with Crippen LogP contribution in [0, 0.1) is 0 Å². The van der Waals surface area contributed by atoms with Gasteiger partial charge in [-0.15, -0.1) is 0 Å². The summed E-state index contributed by atoms with van der Waals surface area (Å²) in [5.74, 6) is 1.09. The molecule has 19 heavy (non-hydrogen) atoms. The molecule has 2 unspecified atom stereocenters. The van der Waals surface area contributed by atoms with Gasteiger partial charge in [0, 0.05) is 37.0 Å². The standard InChI is InChI=1S/C15H20N2O2/c1-15(2)8-12(17-10-7-14(18)16-9-10)11-5-3-4-6-13(11)19-15/h3-6,10,12,17H,7-9H2,1-2H3,(H,16,18). The van der Waals surface area contributed by atoms with Crippen molar-refractivity contribution in [3.05, 3.63) is 29.8 Å². The minimum absolute atomic E-state index is 0.136. The molecule has 0 spiro atoms. The van der Waals surface area contributed by atoms with Crippen LogP contribution in [-0.4, -0.2) is 24.1 Å². The van der Waals surface area contributed by atoms with Gasteiger partial charge in [0.1, 0.15) is 11.4 Å². The first-order chi connectivity index (χ1) is 9.03. The van der Waals surface area contributed by atoms with Crippen molar-refractivity contribution in [2.45, 2.75) is 44.4 Å². The summed E-state index contributed by atoms with van der Waals surface area (Å²) < 4.78 is 6.01. The van der Waals surface area contributed by atoms with Gasteiger partial charge in [-0.1, -0.05) is 18.2 Å². The first-order valence-corrected chi connectivity index (χ1v) is 6.84. The maximum Gasteiger partial charge on any atom is 0.221 e. The van der Waals surface area contributed by atoms with Crippen LogP contribution in [0.2, 0.25) is 0 Å². The van der Waals surface area contributed by atoms with Crippen molar-refractivity contribution < 1.29 is 9.53 Å². The Morgan fingerprint density at radius 1 is 1.37 bits per heavy atom. The smallest absolute Gasteiger partial charge is 0.221 e. The average molecular weight is 260 g/mol. The summed E-state index contributed by atoms with van der Waals surface area (Å²) in [6.07, 6.45) is 1.48. The van der Waals surface area contributed by atoms with Gasteiger partial charge in [0.2, 0.25) is 5.91 Å². The normalized spacial score (nSPS) is 28.4. The van der Waals surface area contributed by atoms with E-state index in [1.165, 1.54) is 5.56 Å². The lowest BCUT2D eigenvalue weighted by molar-refractivity contribution is -0.119. The summed E-state index contributed by atoms with van der Waals surface area (Å²) in [4.78, 5) is 11.3. The molecule has 0 radical (unpaired) electrons. The first-order valence-electron chi connectivity index (χ1n) is 6.84. The minimum Gasteiger partial charge on any atom is -0.487 e. The third-order valence-electron chi connectivity index (χ3n) is 3.79. The predicted molar refractivity (Wildman–Crippen MR) is 73.1 cm³/mol. The second-order valence-corrected chi connectivity index (χ2v) is 6.03. The van der Waals surface area contributed by atoms with Crippen molar-refractivity contribution in [3.8, 4) is 5.75 Å². The Hall–Kier alpha value is -1.55. The summed E-state index contributed by atoms with van der Waals surface area (Å²) in [6, 6.07) is 8.62. The quantitative estimate of drug-likeness (QED) is 0.852. The maximum absolute atomic E-state index is 11.3. The summed E-state index contributed by atoms with van der Waals surface area (Å²) in [5.41, 5.74) is 1.02. The van der Waals surface area contributed by atoms with Gasteiger partial charge in [-0.05, 0) is 19.9 Å². The van der Waals surface area contributed by atoms with Gasteiger partial charge in [-0.3, -0.25) is 4.79 Å². The number of hydrogen-bond donors (Lipinski definition) is 2. The Bertz CT molecular complexity index is 499. The van der Waals surface area contributed by atoms with Gasteiger partial charge in [0.15, 0.2) is 0 Å². The zero-order valence-electron chi connectivity index (χ0n) is 11.4. The number of nitrogens with one attached hydrogen (secondary N) is 2. The van der Waals surface area contributed by atoms with E-state index in [2.05, 4.69) is 30.5 Å². The van der Waals surface area contributed by atoms with Gasteiger partial charge < -0.3 is 15.4 Å². The summed E-state index contributed by atoms with van der Waals surface area (Å²) in [5, 5.41) is 6.47. The molecule has 2 aliphatic rings. The number of carbonyl (C=O) groups excluding carboxylic acids is 1. The molecule has 1 aromatic rings. The summed E-state index contributed by atoms with van der Waals surface area (Å²) in [6.45, 7) is 4.93. The number of ether oxygens (including phenoxy) is 1. The number of hydrogen-bond acceptors (Lipinski definition) is 3. The molecule has 2 heterocycles. The highest BCUT2D eigenvalue weighted by atomic mass is 16.5. The Kier molecular flexibility index (Phi) is 2.97. The van der Waals surface area contributed by atoms with Gasteiger partial charge >= 0.3 is 0 Å². The fourth-order valence-electron chi connectivity index (χ4n) is 2.96. The van der Waals surface area contributed by atoms with Crippen LogP contribution in [0.4, 0.5) is 0 Å². The van der Waals surface area contributed by atoms with Gasteiger partial charge in [-0.25, -0.2) is 0 Å². The molecule has 1 aromatic carbocycles.